The van der Waals surface area contributed by atoms with E-state index >= 15 is 0 Å². The van der Waals surface area contributed by atoms with Crippen molar-refractivity contribution in [2.45, 2.75) is 64.2 Å². The minimum absolute atomic E-state index is 0.0750. The maximum atomic E-state index is 12.9. The predicted octanol–water partition coefficient (Wildman–Crippen LogP) is 2.05. The number of rotatable bonds is 3. The van der Waals surface area contributed by atoms with Gasteiger partial charge in [0.25, 0.3) is 11.6 Å². The number of fused-ring (bicyclic) bond motifs is 3. The number of alkyl halides is 3. The predicted molar refractivity (Wildman–Crippen MR) is 94.7 cm³/mol. The Bertz CT molecular complexity index is 895. The standard InChI is InChI=1S/C18H23F3N6O/c1-10-14(11(2)27-17(23-10)24-16(25-27)18(19,20)21)5-6-15(28)26-12-3-4-13(26)9-22-8-7-12/h12-13,22H,3-9H2,1-2H3. The molecule has 2 fully saturated rings. The molecule has 4 rings (SSSR count). The molecule has 7 nitrogen and oxygen atoms in total. The molecule has 28 heavy (non-hydrogen) atoms. The number of aromatic nitrogens is 4. The zero-order chi connectivity index (χ0) is 20.1. The van der Waals surface area contributed by atoms with E-state index in [-0.39, 0.29) is 17.7 Å². The molecular weight excluding hydrogens is 373 g/mol. The normalized spacial score (nSPS) is 22.7. The fourth-order valence-corrected chi connectivity index (χ4v) is 4.44. The summed E-state index contributed by atoms with van der Waals surface area (Å²) in [5.74, 6) is -1.18. The minimum Gasteiger partial charge on any atom is -0.335 e. The third-order valence-corrected chi connectivity index (χ3v) is 5.83. The number of nitrogens with zero attached hydrogens (tertiary/aromatic N) is 5. The Balaban J connectivity index is 1.55. The van der Waals surface area contributed by atoms with Crippen molar-refractivity contribution in [1.29, 1.82) is 0 Å². The average molecular weight is 396 g/mol. The smallest absolute Gasteiger partial charge is 0.335 e. The molecule has 2 saturated heterocycles. The van der Waals surface area contributed by atoms with Crippen LogP contribution in [0.1, 0.15) is 48.5 Å². The SMILES string of the molecule is Cc1nc2nc(C(F)(F)F)nn2c(C)c1CCC(=O)N1C2CCNCC1CC2. The Hall–Kier alpha value is -2.23. The molecule has 152 valence electrons. The number of carbonyl (C=O) groups is 1. The van der Waals surface area contributed by atoms with Crippen molar-refractivity contribution in [2.75, 3.05) is 13.1 Å². The number of aryl methyl sites for hydroxylation is 2. The van der Waals surface area contributed by atoms with Gasteiger partial charge in [-0.25, -0.2) is 9.50 Å². The number of nitrogens with one attached hydrogen (secondary N) is 1. The molecule has 4 heterocycles. The van der Waals surface area contributed by atoms with Crippen LogP contribution in [-0.2, 0) is 17.4 Å². The summed E-state index contributed by atoms with van der Waals surface area (Å²) in [4.78, 5) is 22.6. The van der Waals surface area contributed by atoms with Gasteiger partial charge in [0, 0.05) is 36.4 Å². The van der Waals surface area contributed by atoms with Crippen molar-refractivity contribution in [3.63, 3.8) is 0 Å². The Morgan fingerprint density at radius 1 is 1.18 bits per heavy atom. The molecule has 0 aliphatic carbocycles. The topological polar surface area (TPSA) is 75.4 Å². The van der Waals surface area contributed by atoms with E-state index in [0.717, 1.165) is 42.4 Å². The van der Waals surface area contributed by atoms with Gasteiger partial charge in [0.05, 0.1) is 0 Å². The van der Waals surface area contributed by atoms with Crippen LogP contribution >= 0.6 is 0 Å². The van der Waals surface area contributed by atoms with E-state index in [2.05, 4.69) is 20.4 Å². The number of halogens is 3. The van der Waals surface area contributed by atoms with Gasteiger partial charge in [-0.2, -0.15) is 18.2 Å². The second-order valence-corrected chi connectivity index (χ2v) is 7.58. The summed E-state index contributed by atoms with van der Waals surface area (Å²) in [6.07, 6.45) is -0.860. The second kappa shape index (κ2) is 6.98. The summed E-state index contributed by atoms with van der Waals surface area (Å²) >= 11 is 0. The molecule has 2 atom stereocenters. The van der Waals surface area contributed by atoms with Gasteiger partial charge < -0.3 is 10.2 Å². The molecule has 2 aliphatic heterocycles. The third kappa shape index (κ3) is 3.34. The summed E-state index contributed by atoms with van der Waals surface area (Å²) in [6.45, 7) is 5.18. The molecule has 0 radical (unpaired) electrons. The lowest BCUT2D eigenvalue weighted by molar-refractivity contribution is -0.144. The van der Waals surface area contributed by atoms with E-state index in [1.807, 2.05) is 4.90 Å². The van der Waals surface area contributed by atoms with Crippen LogP contribution in [-0.4, -0.2) is 55.6 Å². The Kier molecular flexibility index (Phi) is 4.76. The number of amides is 1. The summed E-state index contributed by atoms with van der Waals surface area (Å²) in [5.41, 5.74) is 1.87. The molecule has 0 spiro atoms. The molecule has 2 bridgehead atoms. The molecular formula is C18H23F3N6O. The van der Waals surface area contributed by atoms with E-state index in [0.29, 0.717) is 30.3 Å². The highest BCUT2D eigenvalue weighted by atomic mass is 19.4. The van der Waals surface area contributed by atoms with Crippen LogP contribution < -0.4 is 5.32 Å². The highest BCUT2D eigenvalue weighted by Gasteiger charge is 2.38. The van der Waals surface area contributed by atoms with E-state index in [1.54, 1.807) is 13.8 Å². The number of hydrogen-bond donors (Lipinski definition) is 1. The van der Waals surface area contributed by atoms with E-state index in [4.69, 9.17) is 0 Å². The first kappa shape index (κ1) is 19.1. The average Bonchev–Trinajstić information content (AvgIpc) is 3.14. The van der Waals surface area contributed by atoms with Crippen molar-refractivity contribution >= 4 is 11.7 Å². The lowest BCUT2D eigenvalue weighted by Crippen LogP contribution is -2.42. The van der Waals surface area contributed by atoms with Crippen LogP contribution in [0.3, 0.4) is 0 Å². The Morgan fingerprint density at radius 3 is 2.68 bits per heavy atom. The third-order valence-electron chi connectivity index (χ3n) is 5.83. The first-order valence-corrected chi connectivity index (χ1v) is 9.57. The highest BCUT2D eigenvalue weighted by Crippen LogP contribution is 2.30. The van der Waals surface area contributed by atoms with Gasteiger partial charge >= 0.3 is 6.18 Å². The van der Waals surface area contributed by atoms with Gasteiger partial charge in [-0.3, -0.25) is 4.79 Å². The van der Waals surface area contributed by atoms with Crippen molar-refractivity contribution < 1.29 is 18.0 Å². The summed E-state index contributed by atoms with van der Waals surface area (Å²) < 4.78 is 39.8. The maximum absolute atomic E-state index is 12.9. The molecule has 1 amide bonds. The van der Waals surface area contributed by atoms with Crippen molar-refractivity contribution in [2.24, 2.45) is 0 Å². The van der Waals surface area contributed by atoms with Crippen LogP contribution in [0.4, 0.5) is 13.2 Å². The largest absolute Gasteiger partial charge is 0.453 e. The lowest BCUT2D eigenvalue weighted by Gasteiger charge is -2.28. The molecule has 10 heteroatoms. The Morgan fingerprint density at radius 2 is 1.93 bits per heavy atom. The van der Waals surface area contributed by atoms with Crippen LogP contribution in [0.25, 0.3) is 5.78 Å². The molecule has 2 aliphatic rings. The van der Waals surface area contributed by atoms with E-state index < -0.39 is 12.0 Å². The molecule has 1 N–H and O–H groups in total. The molecule has 2 aromatic heterocycles. The van der Waals surface area contributed by atoms with Crippen molar-refractivity contribution in [3.8, 4) is 0 Å². The van der Waals surface area contributed by atoms with Gasteiger partial charge in [0.1, 0.15) is 0 Å². The van der Waals surface area contributed by atoms with Gasteiger partial charge in [-0.05, 0) is 51.6 Å². The van der Waals surface area contributed by atoms with Gasteiger partial charge in [0.2, 0.25) is 5.91 Å². The summed E-state index contributed by atoms with van der Waals surface area (Å²) in [6, 6.07) is 0.535. The van der Waals surface area contributed by atoms with Crippen LogP contribution in [0.2, 0.25) is 0 Å². The van der Waals surface area contributed by atoms with Gasteiger partial charge in [0.15, 0.2) is 0 Å². The molecule has 2 unspecified atom stereocenters. The monoisotopic (exact) mass is 396 g/mol. The summed E-state index contributed by atoms with van der Waals surface area (Å²) in [5, 5.41) is 6.94. The maximum Gasteiger partial charge on any atom is 0.453 e. The highest BCUT2D eigenvalue weighted by molar-refractivity contribution is 5.77. The zero-order valence-electron chi connectivity index (χ0n) is 15.9. The van der Waals surface area contributed by atoms with E-state index in [9.17, 15) is 18.0 Å². The molecule has 0 saturated carbocycles. The van der Waals surface area contributed by atoms with Crippen LogP contribution in [0.15, 0.2) is 0 Å². The minimum atomic E-state index is -4.62. The first-order chi connectivity index (χ1) is 13.3. The lowest BCUT2D eigenvalue weighted by atomic mass is 10.1. The molecule has 0 aromatic carbocycles. The fraction of sp³-hybridized carbons (Fsp3) is 0.667. The van der Waals surface area contributed by atoms with Gasteiger partial charge in [-0.1, -0.05) is 0 Å². The van der Waals surface area contributed by atoms with Crippen LogP contribution in [0, 0.1) is 13.8 Å². The quantitative estimate of drug-likeness (QED) is 0.860. The summed E-state index contributed by atoms with van der Waals surface area (Å²) in [7, 11) is 0. The fourth-order valence-electron chi connectivity index (χ4n) is 4.44. The zero-order valence-corrected chi connectivity index (χ0v) is 15.9. The van der Waals surface area contributed by atoms with Crippen LogP contribution in [0.5, 0.6) is 0 Å². The van der Waals surface area contributed by atoms with E-state index in [1.165, 1.54) is 0 Å². The van der Waals surface area contributed by atoms with Crippen molar-refractivity contribution in [3.05, 3.63) is 22.8 Å². The van der Waals surface area contributed by atoms with Crippen molar-refractivity contribution in [1.82, 2.24) is 29.8 Å². The molecule has 2 aromatic rings. The van der Waals surface area contributed by atoms with Gasteiger partial charge in [-0.15, -0.1) is 5.10 Å². The first-order valence-electron chi connectivity index (χ1n) is 9.57. The second-order valence-electron chi connectivity index (χ2n) is 7.58. The number of hydrogen-bond acceptors (Lipinski definition) is 5. The Labute approximate surface area is 160 Å². The number of carbonyl (C=O) groups excluding carboxylic acids is 1.